The first kappa shape index (κ1) is 17.9. The van der Waals surface area contributed by atoms with Gasteiger partial charge in [0.2, 0.25) is 5.91 Å². The van der Waals surface area contributed by atoms with Crippen LogP contribution in [0.1, 0.15) is 42.5 Å². The van der Waals surface area contributed by atoms with Crippen LogP contribution in [0, 0.1) is 0 Å². The molecule has 2 saturated heterocycles. The molecule has 0 saturated carbocycles. The zero-order chi connectivity index (χ0) is 18.5. The molecular weight excluding hydrogens is 336 g/mol. The van der Waals surface area contributed by atoms with Crippen LogP contribution in [0.4, 0.5) is 10.5 Å². The number of nitrogens with one attached hydrogen (secondary N) is 3. The van der Waals surface area contributed by atoms with Crippen LogP contribution in [-0.4, -0.2) is 47.8 Å². The van der Waals surface area contributed by atoms with Crippen LogP contribution >= 0.6 is 0 Å². The standard InChI is InChI=1S/C18H22N4O4/c23-15(11-14-16(24)21-18(26)20-14)19-13-8-4-3-7-12(13)17(25)22-9-5-1-2-6-10-22/h3-4,7-8,14H,1-2,5-6,9-11H2,(H,19,23)(H2,20,21,24,26). The number of rotatable bonds is 4. The van der Waals surface area contributed by atoms with Gasteiger partial charge in [-0.2, -0.15) is 0 Å². The lowest BCUT2D eigenvalue weighted by Crippen LogP contribution is -2.34. The maximum Gasteiger partial charge on any atom is 0.322 e. The molecule has 8 nitrogen and oxygen atoms in total. The molecule has 0 aromatic heterocycles. The zero-order valence-electron chi connectivity index (χ0n) is 14.4. The molecule has 2 fully saturated rings. The number of hydrogen-bond acceptors (Lipinski definition) is 4. The number of hydrogen-bond donors (Lipinski definition) is 3. The van der Waals surface area contributed by atoms with Crippen molar-refractivity contribution in [1.29, 1.82) is 0 Å². The number of urea groups is 1. The third-order valence-corrected chi connectivity index (χ3v) is 4.57. The largest absolute Gasteiger partial charge is 0.339 e. The first-order chi connectivity index (χ1) is 12.5. The molecule has 2 aliphatic heterocycles. The molecule has 3 N–H and O–H groups in total. The van der Waals surface area contributed by atoms with Crippen molar-refractivity contribution in [1.82, 2.24) is 15.5 Å². The number of amides is 5. The maximum atomic E-state index is 12.8. The number of anilines is 1. The zero-order valence-corrected chi connectivity index (χ0v) is 14.4. The highest BCUT2D eigenvalue weighted by atomic mass is 16.2. The average molecular weight is 358 g/mol. The minimum atomic E-state index is -0.893. The summed E-state index contributed by atoms with van der Waals surface area (Å²) in [5.41, 5.74) is 0.846. The second-order valence-electron chi connectivity index (χ2n) is 6.52. The molecule has 1 atom stereocenters. The smallest absolute Gasteiger partial charge is 0.322 e. The first-order valence-corrected chi connectivity index (χ1v) is 8.84. The van der Waals surface area contributed by atoms with Crippen molar-refractivity contribution in [2.45, 2.75) is 38.1 Å². The molecule has 2 heterocycles. The van der Waals surface area contributed by atoms with E-state index in [1.807, 2.05) is 4.90 Å². The van der Waals surface area contributed by atoms with Crippen LogP contribution in [-0.2, 0) is 9.59 Å². The minimum absolute atomic E-state index is 0.102. The molecule has 0 aliphatic carbocycles. The van der Waals surface area contributed by atoms with Crippen molar-refractivity contribution in [3.63, 3.8) is 0 Å². The number of likely N-dealkylation sites (tertiary alicyclic amines) is 1. The van der Waals surface area contributed by atoms with E-state index >= 15 is 0 Å². The fourth-order valence-corrected chi connectivity index (χ4v) is 3.21. The number of benzene rings is 1. The lowest BCUT2D eigenvalue weighted by atomic mass is 10.1. The van der Waals surface area contributed by atoms with E-state index in [-0.39, 0.29) is 12.3 Å². The fraction of sp³-hybridized carbons (Fsp3) is 0.444. The van der Waals surface area contributed by atoms with E-state index in [1.165, 1.54) is 0 Å². The summed E-state index contributed by atoms with van der Waals surface area (Å²) >= 11 is 0. The number of carbonyl (C=O) groups is 4. The van der Waals surface area contributed by atoms with E-state index in [9.17, 15) is 19.2 Å². The van der Waals surface area contributed by atoms with Gasteiger partial charge in [-0.1, -0.05) is 25.0 Å². The molecule has 0 spiro atoms. The lowest BCUT2D eigenvalue weighted by molar-refractivity contribution is -0.124. The van der Waals surface area contributed by atoms with Crippen LogP contribution < -0.4 is 16.0 Å². The highest BCUT2D eigenvalue weighted by molar-refractivity contribution is 6.08. The molecule has 1 aromatic carbocycles. The van der Waals surface area contributed by atoms with Gasteiger partial charge in [0.15, 0.2) is 0 Å². The van der Waals surface area contributed by atoms with E-state index in [0.29, 0.717) is 11.3 Å². The van der Waals surface area contributed by atoms with Gasteiger partial charge in [-0.05, 0) is 25.0 Å². The van der Waals surface area contributed by atoms with Gasteiger partial charge >= 0.3 is 6.03 Å². The quantitative estimate of drug-likeness (QED) is 0.704. The number of imide groups is 1. The number of nitrogens with zero attached hydrogens (tertiary/aromatic N) is 1. The average Bonchev–Trinajstić information content (AvgIpc) is 2.82. The van der Waals surface area contributed by atoms with Gasteiger partial charge in [0.05, 0.1) is 17.7 Å². The highest BCUT2D eigenvalue weighted by Crippen LogP contribution is 2.20. The van der Waals surface area contributed by atoms with E-state index in [2.05, 4.69) is 16.0 Å². The molecule has 0 bridgehead atoms. The van der Waals surface area contributed by atoms with Gasteiger partial charge in [-0.15, -0.1) is 0 Å². The SMILES string of the molecule is O=C(CC1NC(=O)NC1=O)Nc1ccccc1C(=O)N1CCCCCC1. The predicted octanol–water partition coefficient (Wildman–Crippen LogP) is 1.24. The number of para-hydroxylation sites is 1. The second kappa shape index (κ2) is 7.99. The Labute approximate surface area is 151 Å². The van der Waals surface area contributed by atoms with Crippen LogP contribution in [0.3, 0.4) is 0 Å². The van der Waals surface area contributed by atoms with E-state index in [1.54, 1.807) is 24.3 Å². The fourth-order valence-electron chi connectivity index (χ4n) is 3.21. The first-order valence-electron chi connectivity index (χ1n) is 8.84. The van der Waals surface area contributed by atoms with Crippen LogP contribution in [0.25, 0.3) is 0 Å². The third-order valence-electron chi connectivity index (χ3n) is 4.57. The van der Waals surface area contributed by atoms with Gasteiger partial charge in [-0.3, -0.25) is 19.7 Å². The summed E-state index contributed by atoms with van der Waals surface area (Å²) < 4.78 is 0. The summed E-state index contributed by atoms with van der Waals surface area (Å²) in [6.45, 7) is 1.44. The van der Waals surface area contributed by atoms with Crippen molar-refractivity contribution in [2.24, 2.45) is 0 Å². The Morgan fingerprint density at radius 2 is 1.77 bits per heavy atom. The Morgan fingerprint density at radius 1 is 1.08 bits per heavy atom. The Morgan fingerprint density at radius 3 is 2.42 bits per heavy atom. The molecular formula is C18H22N4O4. The summed E-state index contributed by atoms with van der Waals surface area (Å²) in [4.78, 5) is 49.6. The van der Waals surface area contributed by atoms with Gasteiger partial charge in [-0.25, -0.2) is 4.79 Å². The van der Waals surface area contributed by atoms with Crippen molar-refractivity contribution in [3.8, 4) is 0 Å². The van der Waals surface area contributed by atoms with Gasteiger partial charge in [0, 0.05) is 13.1 Å². The van der Waals surface area contributed by atoms with Gasteiger partial charge in [0.1, 0.15) is 6.04 Å². The molecule has 5 amide bonds. The Bertz CT molecular complexity index is 726. The molecule has 26 heavy (non-hydrogen) atoms. The summed E-state index contributed by atoms with van der Waals surface area (Å²) in [5.74, 6) is -1.07. The monoisotopic (exact) mass is 358 g/mol. The summed E-state index contributed by atoms with van der Waals surface area (Å²) in [5, 5.41) is 7.16. The summed E-state index contributed by atoms with van der Waals surface area (Å²) in [6.07, 6.45) is 4.02. The van der Waals surface area contributed by atoms with Gasteiger partial charge < -0.3 is 15.5 Å². The van der Waals surface area contributed by atoms with Crippen molar-refractivity contribution < 1.29 is 19.2 Å². The number of carbonyl (C=O) groups excluding carboxylic acids is 4. The van der Waals surface area contributed by atoms with Crippen molar-refractivity contribution >= 4 is 29.4 Å². The third kappa shape index (κ3) is 4.19. The Hall–Kier alpha value is -2.90. The van der Waals surface area contributed by atoms with E-state index < -0.39 is 23.9 Å². The van der Waals surface area contributed by atoms with Crippen LogP contribution in [0.15, 0.2) is 24.3 Å². The molecule has 0 radical (unpaired) electrons. The van der Waals surface area contributed by atoms with Crippen LogP contribution in [0.5, 0.6) is 0 Å². The van der Waals surface area contributed by atoms with Crippen molar-refractivity contribution in [3.05, 3.63) is 29.8 Å². The molecule has 1 aromatic rings. The Kier molecular flexibility index (Phi) is 5.50. The lowest BCUT2D eigenvalue weighted by Gasteiger charge is -2.22. The summed E-state index contributed by atoms with van der Waals surface area (Å²) in [6, 6.07) is 5.34. The minimum Gasteiger partial charge on any atom is -0.339 e. The van der Waals surface area contributed by atoms with Gasteiger partial charge in [0.25, 0.3) is 11.8 Å². The highest BCUT2D eigenvalue weighted by Gasteiger charge is 2.31. The summed E-state index contributed by atoms with van der Waals surface area (Å²) in [7, 11) is 0. The maximum absolute atomic E-state index is 12.8. The van der Waals surface area contributed by atoms with E-state index in [4.69, 9.17) is 0 Å². The molecule has 8 heteroatoms. The molecule has 138 valence electrons. The second-order valence-corrected chi connectivity index (χ2v) is 6.52. The Balaban J connectivity index is 1.68. The topological polar surface area (TPSA) is 108 Å². The molecule has 1 unspecified atom stereocenters. The molecule has 3 rings (SSSR count). The molecule has 2 aliphatic rings. The van der Waals surface area contributed by atoms with E-state index in [0.717, 1.165) is 38.8 Å². The normalized spacial score (nSPS) is 20.2. The predicted molar refractivity (Wildman–Crippen MR) is 94.5 cm³/mol. The van der Waals surface area contributed by atoms with Crippen LogP contribution in [0.2, 0.25) is 0 Å². The van der Waals surface area contributed by atoms with Crippen molar-refractivity contribution in [2.75, 3.05) is 18.4 Å².